The average Bonchev–Trinajstić information content (AvgIpc) is 2.17. The standard InChI is InChI=1S/C11H10F3NO/c1-6-3-2-4-7-8(11(12,13)14)5-9(16)15-10(6)7/h2-4,8H,5H2,1H3,(H,15,16). The summed E-state index contributed by atoms with van der Waals surface area (Å²) in [5.41, 5.74) is 1.12. The molecule has 1 aromatic carbocycles. The molecule has 1 heterocycles. The highest BCUT2D eigenvalue weighted by Gasteiger charge is 2.45. The van der Waals surface area contributed by atoms with Gasteiger partial charge in [-0.15, -0.1) is 0 Å². The molecule has 86 valence electrons. The maximum absolute atomic E-state index is 12.7. The number of anilines is 1. The molecule has 0 saturated heterocycles. The van der Waals surface area contributed by atoms with Crippen LogP contribution in [0.2, 0.25) is 0 Å². The second kappa shape index (κ2) is 3.50. The number of hydrogen-bond donors (Lipinski definition) is 1. The highest BCUT2D eigenvalue weighted by atomic mass is 19.4. The molecule has 0 bridgehead atoms. The Morgan fingerprint density at radius 1 is 1.38 bits per heavy atom. The number of halogens is 3. The fourth-order valence-electron chi connectivity index (χ4n) is 1.93. The van der Waals surface area contributed by atoms with Crippen molar-refractivity contribution in [2.24, 2.45) is 0 Å². The lowest BCUT2D eigenvalue weighted by molar-refractivity contribution is -0.156. The van der Waals surface area contributed by atoms with Gasteiger partial charge in [0.1, 0.15) is 0 Å². The maximum atomic E-state index is 12.7. The van der Waals surface area contributed by atoms with Crippen LogP contribution in [0.25, 0.3) is 0 Å². The van der Waals surface area contributed by atoms with Crippen LogP contribution in [0.4, 0.5) is 18.9 Å². The second-order valence-electron chi connectivity index (χ2n) is 3.89. The Morgan fingerprint density at radius 3 is 2.69 bits per heavy atom. The number of nitrogens with one attached hydrogen (secondary N) is 1. The first-order valence-corrected chi connectivity index (χ1v) is 4.85. The van der Waals surface area contributed by atoms with Gasteiger partial charge in [-0.1, -0.05) is 18.2 Å². The molecule has 16 heavy (non-hydrogen) atoms. The lowest BCUT2D eigenvalue weighted by atomic mass is 9.88. The molecule has 1 aliphatic rings. The minimum atomic E-state index is -4.37. The summed E-state index contributed by atoms with van der Waals surface area (Å²) in [4.78, 5) is 11.2. The number of benzene rings is 1. The van der Waals surface area contributed by atoms with E-state index >= 15 is 0 Å². The van der Waals surface area contributed by atoms with Crippen LogP contribution in [0.15, 0.2) is 18.2 Å². The summed E-state index contributed by atoms with van der Waals surface area (Å²) in [5, 5.41) is 2.49. The molecule has 5 heteroatoms. The quantitative estimate of drug-likeness (QED) is 0.728. The number of amides is 1. The normalized spacial score (nSPS) is 20.2. The molecule has 1 atom stereocenters. The Labute approximate surface area is 90.5 Å². The van der Waals surface area contributed by atoms with Crippen LogP contribution in [0.5, 0.6) is 0 Å². The predicted molar refractivity (Wildman–Crippen MR) is 53.2 cm³/mol. The predicted octanol–water partition coefficient (Wildman–Crippen LogP) is 2.98. The zero-order valence-corrected chi connectivity index (χ0v) is 8.56. The van der Waals surface area contributed by atoms with Gasteiger partial charge < -0.3 is 5.32 Å². The van der Waals surface area contributed by atoms with E-state index in [0.717, 1.165) is 0 Å². The van der Waals surface area contributed by atoms with Crippen LogP contribution in [-0.2, 0) is 4.79 Å². The van der Waals surface area contributed by atoms with Gasteiger partial charge in [-0.25, -0.2) is 0 Å². The summed E-state index contributed by atoms with van der Waals surface area (Å²) in [6, 6.07) is 4.67. The van der Waals surface area contributed by atoms with Crippen molar-refractivity contribution >= 4 is 11.6 Å². The summed E-state index contributed by atoms with van der Waals surface area (Å²) < 4.78 is 38.2. The number of aryl methyl sites for hydroxylation is 1. The number of carbonyl (C=O) groups is 1. The summed E-state index contributed by atoms with van der Waals surface area (Å²) >= 11 is 0. The summed E-state index contributed by atoms with van der Waals surface area (Å²) in [6.07, 6.45) is -4.90. The van der Waals surface area contributed by atoms with Gasteiger partial charge in [-0.05, 0) is 18.1 Å². The van der Waals surface area contributed by atoms with E-state index in [9.17, 15) is 18.0 Å². The van der Waals surface area contributed by atoms with E-state index < -0.39 is 24.4 Å². The highest BCUT2D eigenvalue weighted by molar-refractivity contribution is 5.95. The highest BCUT2D eigenvalue weighted by Crippen LogP contribution is 2.43. The molecular weight excluding hydrogens is 219 g/mol. The van der Waals surface area contributed by atoms with Crippen LogP contribution in [0.3, 0.4) is 0 Å². The monoisotopic (exact) mass is 229 g/mol. The Balaban J connectivity index is 2.55. The van der Waals surface area contributed by atoms with E-state index in [2.05, 4.69) is 5.32 Å². The van der Waals surface area contributed by atoms with E-state index in [0.29, 0.717) is 11.3 Å². The lowest BCUT2D eigenvalue weighted by Gasteiger charge is -2.28. The minimum absolute atomic E-state index is 0.159. The Bertz CT molecular complexity index is 439. The summed E-state index contributed by atoms with van der Waals surface area (Å²) in [6.45, 7) is 1.68. The lowest BCUT2D eigenvalue weighted by Crippen LogP contribution is -2.31. The van der Waals surface area contributed by atoms with Gasteiger partial charge in [0.25, 0.3) is 0 Å². The van der Waals surface area contributed by atoms with Crippen molar-refractivity contribution in [3.63, 3.8) is 0 Å². The summed E-state index contributed by atoms with van der Waals surface area (Å²) in [7, 11) is 0. The zero-order chi connectivity index (χ0) is 11.9. The minimum Gasteiger partial charge on any atom is -0.326 e. The third-order valence-corrected chi connectivity index (χ3v) is 2.73. The first kappa shape index (κ1) is 11.0. The van der Waals surface area contributed by atoms with Crippen molar-refractivity contribution in [2.45, 2.75) is 25.4 Å². The van der Waals surface area contributed by atoms with Crippen molar-refractivity contribution < 1.29 is 18.0 Å². The third-order valence-electron chi connectivity index (χ3n) is 2.73. The van der Waals surface area contributed by atoms with Crippen molar-refractivity contribution in [3.8, 4) is 0 Å². The maximum Gasteiger partial charge on any atom is 0.396 e. The fraction of sp³-hybridized carbons (Fsp3) is 0.364. The number of para-hydroxylation sites is 1. The fourth-order valence-corrected chi connectivity index (χ4v) is 1.93. The second-order valence-corrected chi connectivity index (χ2v) is 3.89. The Hall–Kier alpha value is -1.52. The largest absolute Gasteiger partial charge is 0.396 e. The molecular formula is C11H10F3NO. The van der Waals surface area contributed by atoms with Crippen molar-refractivity contribution in [1.29, 1.82) is 0 Å². The molecule has 0 aromatic heterocycles. The van der Waals surface area contributed by atoms with Gasteiger partial charge in [0.2, 0.25) is 5.91 Å². The molecule has 1 aliphatic heterocycles. The van der Waals surface area contributed by atoms with Crippen molar-refractivity contribution in [3.05, 3.63) is 29.3 Å². The summed E-state index contributed by atoms with van der Waals surface area (Å²) in [5.74, 6) is -2.26. The molecule has 0 aliphatic carbocycles. The number of alkyl halides is 3. The van der Waals surface area contributed by atoms with Gasteiger partial charge in [-0.2, -0.15) is 13.2 Å². The molecule has 0 radical (unpaired) electrons. The first-order chi connectivity index (χ1) is 7.39. The third kappa shape index (κ3) is 1.77. The van der Waals surface area contributed by atoms with Crippen LogP contribution >= 0.6 is 0 Å². The van der Waals surface area contributed by atoms with Gasteiger partial charge in [0.15, 0.2) is 0 Å². The van der Waals surface area contributed by atoms with Crippen LogP contribution in [-0.4, -0.2) is 12.1 Å². The molecule has 1 N–H and O–H groups in total. The first-order valence-electron chi connectivity index (χ1n) is 4.85. The molecule has 1 unspecified atom stereocenters. The van der Waals surface area contributed by atoms with E-state index in [-0.39, 0.29) is 5.56 Å². The van der Waals surface area contributed by atoms with Crippen LogP contribution < -0.4 is 5.32 Å². The van der Waals surface area contributed by atoms with Gasteiger partial charge in [-0.3, -0.25) is 4.79 Å². The molecule has 0 fully saturated rings. The number of rotatable bonds is 0. The zero-order valence-electron chi connectivity index (χ0n) is 8.56. The number of fused-ring (bicyclic) bond motifs is 1. The van der Waals surface area contributed by atoms with E-state index in [4.69, 9.17) is 0 Å². The van der Waals surface area contributed by atoms with E-state index in [1.165, 1.54) is 6.07 Å². The van der Waals surface area contributed by atoms with E-state index in [1.54, 1.807) is 19.1 Å². The topological polar surface area (TPSA) is 29.1 Å². The van der Waals surface area contributed by atoms with Gasteiger partial charge in [0.05, 0.1) is 5.92 Å². The van der Waals surface area contributed by atoms with Crippen molar-refractivity contribution in [2.75, 3.05) is 5.32 Å². The van der Waals surface area contributed by atoms with Gasteiger partial charge in [0, 0.05) is 12.1 Å². The van der Waals surface area contributed by atoms with Gasteiger partial charge >= 0.3 is 6.18 Å². The Morgan fingerprint density at radius 2 is 2.06 bits per heavy atom. The van der Waals surface area contributed by atoms with Crippen LogP contribution in [0, 0.1) is 6.92 Å². The molecule has 2 rings (SSSR count). The smallest absolute Gasteiger partial charge is 0.326 e. The SMILES string of the molecule is Cc1cccc2c1NC(=O)CC2C(F)(F)F. The molecule has 2 nitrogen and oxygen atoms in total. The number of carbonyl (C=O) groups excluding carboxylic acids is 1. The molecule has 0 saturated carbocycles. The average molecular weight is 229 g/mol. The van der Waals surface area contributed by atoms with E-state index in [1.807, 2.05) is 0 Å². The van der Waals surface area contributed by atoms with Crippen LogP contribution in [0.1, 0.15) is 23.5 Å². The molecule has 1 aromatic rings. The number of hydrogen-bond acceptors (Lipinski definition) is 1. The molecule has 1 amide bonds. The van der Waals surface area contributed by atoms with Crippen molar-refractivity contribution in [1.82, 2.24) is 0 Å². The molecule has 0 spiro atoms. The Kier molecular flexibility index (Phi) is 2.40.